The Labute approximate surface area is 117 Å². The molecule has 110 valence electrons. The number of nitrogens with two attached hydrogens (primary N) is 1. The summed E-state index contributed by atoms with van der Waals surface area (Å²) in [6, 6.07) is 2.89. The van der Waals surface area contributed by atoms with Crippen LogP contribution in [-0.4, -0.2) is 29.6 Å². The summed E-state index contributed by atoms with van der Waals surface area (Å²) in [6.45, 7) is 0.431. The number of aromatic nitrogens is 1. The van der Waals surface area contributed by atoms with Crippen molar-refractivity contribution < 1.29 is 9.66 Å². The Bertz CT molecular complexity index is 475. The minimum absolute atomic E-state index is 0.0100. The van der Waals surface area contributed by atoms with Gasteiger partial charge >= 0.3 is 5.69 Å². The van der Waals surface area contributed by atoms with E-state index in [0.29, 0.717) is 18.3 Å². The molecule has 1 aromatic rings. The van der Waals surface area contributed by atoms with Crippen molar-refractivity contribution in [1.29, 1.82) is 0 Å². The first kappa shape index (κ1) is 14.5. The van der Waals surface area contributed by atoms with E-state index in [1.165, 1.54) is 32.1 Å². The Kier molecular flexibility index (Phi) is 4.73. The number of anilines is 1. The normalized spacial score (nSPS) is 16.9. The van der Waals surface area contributed by atoms with Crippen LogP contribution in [0.3, 0.4) is 0 Å². The SMILES string of the molecule is COc1ccc([N+](=O)[O-])c(NC(CN)C2CCCC2)n1. The molecule has 1 aliphatic carbocycles. The highest BCUT2D eigenvalue weighted by atomic mass is 16.6. The molecule has 0 bridgehead atoms. The number of nitrogens with zero attached hydrogens (tertiary/aromatic N) is 2. The van der Waals surface area contributed by atoms with Gasteiger partial charge in [-0.3, -0.25) is 10.1 Å². The van der Waals surface area contributed by atoms with Gasteiger partial charge < -0.3 is 15.8 Å². The van der Waals surface area contributed by atoms with Crippen molar-refractivity contribution in [2.24, 2.45) is 11.7 Å². The molecule has 0 aromatic carbocycles. The zero-order valence-electron chi connectivity index (χ0n) is 11.5. The number of rotatable bonds is 6. The molecule has 0 radical (unpaired) electrons. The fraction of sp³-hybridized carbons (Fsp3) is 0.615. The monoisotopic (exact) mass is 280 g/mol. The zero-order chi connectivity index (χ0) is 14.5. The summed E-state index contributed by atoms with van der Waals surface area (Å²) in [5.41, 5.74) is 5.75. The Hall–Kier alpha value is -1.89. The molecule has 1 saturated carbocycles. The van der Waals surface area contributed by atoms with Crippen LogP contribution in [0.2, 0.25) is 0 Å². The minimum Gasteiger partial charge on any atom is -0.481 e. The van der Waals surface area contributed by atoms with Gasteiger partial charge in [-0.15, -0.1) is 0 Å². The van der Waals surface area contributed by atoms with Gasteiger partial charge in [0.25, 0.3) is 0 Å². The van der Waals surface area contributed by atoms with Crippen LogP contribution < -0.4 is 15.8 Å². The van der Waals surface area contributed by atoms with Gasteiger partial charge in [-0.1, -0.05) is 12.8 Å². The van der Waals surface area contributed by atoms with Crippen molar-refractivity contribution in [2.45, 2.75) is 31.7 Å². The molecule has 1 fully saturated rings. The maximum atomic E-state index is 11.1. The van der Waals surface area contributed by atoms with Gasteiger partial charge in [0.15, 0.2) is 0 Å². The van der Waals surface area contributed by atoms with Crippen LogP contribution in [0.5, 0.6) is 5.88 Å². The fourth-order valence-corrected chi connectivity index (χ4v) is 2.71. The molecule has 7 heteroatoms. The average molecular weight is 280 g/mol. The Morgan fingerprint density at radius 2 is 2.25 bits per heavy atom. The molecule has 1 heterocycles. The minimum atomic E-state index is -0.447. The quantitative estimate of drug-likeness (QED) is 0.609. The number of ether oxygens (including phenoxy) is 1. The molecule has 0 aliphatic heterocycles. The fourth-order valence-electron chi connectivity index (χ4n) is 2.71. The summed E-state index contributed by atoms with van der Waals surface area (Å²) < 4.78 is 5.03. The summed E-state index contributed by atoms with van der Waals surface area (Å²) in [7, 11) is 1.48. The van der Waals surface area contributed by atoms with Crippen molar-refractivity contribution in [3.8, 4) is 5.88 Å². The van der Waals surface area contributed by atoms with Crippen LogP contribution in [0.4, 0.5) is 11.5 Å². The molecule has 7 nitrogen and oxygen atoms in total. The molecule has 2 rings (SSSR count). The van der Waals surface area contributed by atoms with Gasteiger partial charge in [0.1, 0.15) is 0 Å². The van der Waals surface area contributed by atoms with Crippen LogP contribution in [-0.2, 0) is 0 Å². The molecular weight excluding hydrogens is 260 g/mol. The molecule has 0 amide bonds. The van der Waals surface area contributed by atoms with Crippen molar-refractivity contribution in [3.05, 3.63) is 22.2 Å². The Morgan fingerprint density at radius 1 is 1.55 bits per heavy atom. The van der Waals surface area contributed by atoms with E-state index >= 15 is 0 Å². The predicted molar refractivity (Wildman–Crippen MR) is 75.9 cm³/mol. The number of hydrogen-bond acceptors (Lipinski definition) is 6. The van der Waals surface area contributed by atoms with Crippen LogP contribution in [0, 0.1) is 16.0 Å². The lowest BCUT2D eigenvalue weighted by Gasteiger charge is -2.23. The van der Waals surface area contributed by atoms with Crippen LogP contribution >= 0.6 is 0 Å². The van der Waals surface area contributed by atoms with Gasteiger partial charge in [0.05, 0.1) is 12.0 Å². The van der Waals surface area contributed by atoms with Crippen molar-refractivity contribution in [3.63, 3.8) is 0 Å². The third-order valence-corrected chi connectivity index (χ3v) is 3.80. The molecule has 1 unspecified atom stereocenters. The molecule has 0 saturated heterocycles. The molecule has 3 N–H and O–H groups in total. The van der Waals surface area contributed by atoms with E-state index in [9.17, 15) is 10.1 Å². The van der Waals surface area contributed by atoms with Crippen molar-refractivity contribution >= 4 is 11.5 Å². The molecule has 1 atom stereocenters. The second-order valence-electron chi connectivity index (χ2n) is 5.01. The average Bonchev–Trinajstić information content (AvgIpc) is 2.98. The topological polar surface area (TPSA) is 103 Å². The number of pyridine rings is 1. The third-order valence-electron chi connectivity index (χ3n) is 3.80. The van der Waals surface area contributed by atoms with Gasteiger partial charge in [-0.2, -0.15) is 4.98 Å². The number of methoxy groups -OCH3 is 1. The summed E-state index contributed by atoms with van der Waals surface area (Å²) >= 11 is 0. The second kappa shape index (κ2) is 6.51. The lowest BCUT2D eigenvalue weighted by Crippen LogP contribution is -2.35. The van der Waals surface area contributed by atoms with Gasteiger partial charge in [-0.05, 0) is 18.8 Å². The van der Waals surface area contributed by atoms with E-state index in [0.717, 1.165) is 12.8 Å². The third kappa shape index (κ3) is 3.16. The van der Waals surface area contributed by atoms with E-state index in [2.05, 4.69) is 10.3 Å². The van der Waals surface area contributed by atoms with Gasteiger partial charge in [0.2, 0.25) is 11.7 Å². The maximum absolute atomic E-state index is 11.1. The lowest BCUT2D eigenvalue weighted by atomic mass is 9.98. The standard InChI is InChI=1S/C13H20N4O3/c1-20-12-7-6-11(17(18)19)13(16-12)15-10(8-14)9-4-2-3-5-9/h6-7,9-10H,2-5,8,14H2,1H3,(H,15,16). The van der Waals surface area contributed by atoms with E-state index in [-0.39, 0.29) is 17.5 Å². The van der Waals surface area contributed by atoms with E-state index in [1.807, 2.05) is 0 Å². The van der Waals surface area contributed by atoms with Crippen LogP contribution in [0.1, 0.15) is 25.7 Å². The Balaban J connectivity index is 2.22. The predicted octanol–water partition coefficient (Wildman–Crippen LogP) is 1.93. The van der Waals surface area contributed by atoms with Gasteiger partial charge in [-0.25, -0.2) is 0 Å². The highest BCUT2D eigenvalue weighted by molar-refractivity contribution is 5.57. The largest absolute Gasteiger partial charge is 0.481 e. The zero-order valence-corrected chi connectivity index (χ0v) is 11.5. The highest BCUT2D eigenvalue weighted by Gasteiger charge is 2.27. The number of nitrogens with one attached hydrogen (secondary N) is 1. The highest BCUT2D eigenvalue weighted by Crippen LogP contribution is 2.31. The van der Waals surface area contributed by atoms with E-state index < -0.39 is 4.92 Å². The molecule has 1 aliphatic rings. The number of hydrogen-bond donors (Lipinski definition) is 2. The first-order chi connectivity index (χ1) is 9.65. The molecule has 0 spiro atoms. The van der Waals surface area contributed by atoms with Crippen molar-refractivity contribution in [2.75, 3.05) is 19.0 Å². The molecule has 20 heavy (non-hydrogen) atoms. The lowest BCUT2D eigenvalue weighted by molar-refractivity contribution is -0.384. The smallest absolute Gasteiger partial charge is 0.311 e. The molecular formula is C13H20N4O3. The summed E-state index contributed by atoms with van der Waals surface area (Å²) in [5.74, 6) is 1.03. The summed E-state index contributed by atoms with van der Waals surface area (Å²) in [5, 5.41) is 14.2. The van der Waals surface area contributed by atoms with Gasteiger partial charge in [0, 0.05) is 24.7 Å². The first-order valence-corrected chi connectivity index (χ1v) is 6.81. The maximum Gasteiger partial charge on any atom is 0.311 e. The summed E-state index contributed by atoms with van der Waals surface area (Å²) in [6.07, 6.45) is 4.59. The molecule has 1 aromatic heterocycles. The van der Waals surface area contributed by atoms with Crippen LogP contribution in [0.15, 0.2) is 12.1 Å². The summed E-state index contributed by atoms with van der Waals surface area (Å²) in [4.78, 5) is 14.8. The first-order valence-electron chi connectivity index (χ1n) is 6.81. The van der Waals surface area contributed by atoms with E-state index in [1.54, 1.807) is 0 Å². The van der Waals surface area contributed by atoms with Crippen molar-refractivity contribution in [1.82, 2.24) is 4.98 Å². The second-order valence-corrected chi connectivity index (χ2v) is 5.01. The van der Waals surface area contributed by atoms with Crippen LogP contribution in [0.25, 0.3) is 0 Å². The Morgan fingerprint density at radius 3 is 2.80 bits per heavy atom. The number of nitro groups is 1. The van der Waals surface area contributed by atoms with E-state index in [4.69, 9.17) is 10.5 Å².